The van der Waals surface area contributed by atoms with Crippen LogP contribution in [0.4, 0.5) is 0 Å². The number of halogens is 1. The Bertz CT molecular complexity index is 1220. The molecule has 0 radical (unpaired) electrons. The van der Waals surface area contributed by atoms with Gasteiger partial charge in [-0.15, -0.1) is 11.3 Å². The van der Waals surface area contributed by atoms with Crippen molar-refractivity contribution in [2.45, 2.75) is 6.92 Å². The van der Waals surface area contributed by atoms with Gasteiger partial charge in [0.15, 0.2) is 0 Å². The molecule has 4 aromatic rings. The highest BCUT2D eigenvalue weighted by molar-refractivity contribution is 7.19. The second-order valence-electron chi connectivity index (χ2n) is 5.80. The lowest BCUT2D eigenvalue weighted by molar-refractivity contribution is 0.100. The summed E-state index contributed by atoms with van der Waals surface area (Å²) in [5, 5.41) is 0.862. The summed E-state index contributed by atoms with van der Waals surface area (Å²) in [6, 6.07) is 12.6. The van der Waals surface area contributed by atoms with E-state index in [0.29, 0.717) is 15.2 Å². The summed E-state index contributed by atoms with van der Waals surface area (Å²) in [5.41, 5.74) is 4.04. The number of thiophene rings is 1. The summed E-state index contributed by atoms with van der Waals surface area (Å²) in [4.78, 5) is 35.4. The standard InChI is InChI=1S/C19H13ClN4O2S/c1-11-15(12-5-3-2-4-6-12)16-18(27-11)22-10-24(19(16)26)23-17(25)14-9-13(20)7-8-21-14/h2-10H,1H3,(H,23,25). The zero-order valence-corrected chi connectivity index (χ0v) is 15.7. The summed E-state index contributed by atoms with van der Waals surface area (Å²) in [6.45, 7) is 1.95. The highest BCUT2D eigenvalue weighted by Crippen LogP contribution is 2.35. The predicted molar refractivity (Wildman–Crippen MR) is 107 cm³/mol. The van der Waals surface area contributed by atoms with E-state index in [2.05, 4.69) is 15.4 Å². The zero-order chi connectivity index (χ0) is 19.0. The summed E-state index contributed by atoms with van der Waals surface area (Å²) in [5.74, 6) is -0.547. The maximum atomic E-state index is 13.0. The third-order valence-electron chi connectivity index (χ3n) is 4.03. The number of pyridine rings is 1. The predicted octanol–water partition coefficient (Wildman–Crippen LogP) is 3.87. The molecule has 0 bridgehead atoms. The Kier molecular flexibility index (Phi) is 4.47. The third kappa shape index (κ3) is 3.22. The topological polar surface area (TPSA) is 76.9 Å². The highest BCUT2D eigenvalue weighted by atomic mass is 35.5. The van der Waals surface area contributed by atoms with Gasteiger partial charge in [-0.1, -0.05) is 41.9 Å². The molecular weight excluding hydrogens is 384 g/mol. The first-order valence-electron chi connectivity index (χ1n) is 8.03. The van der Waals surface area contributed by atoms with E-state index in [0.717, 1.165) is 20.7 Å². The van der Waals surface area contributed by atoms with Crippen LogP contribution in [-0.2, 0) is 0 Å². The van der Waals surface area contributed by atoms with Crippen molar-refractivity contribution in [3.63, 3.8) is 0 Å². The van der Waals surface area contributed by atoms with Crippen molar-refractivity contribution in [2.24, 2.45) is 0 Å². The van der Waals surface area contributed by atoms with E-state index < -0.39 is 5.91 Å². The van der Waals surface area contributed by atoms with Crippen LogP contribution in [0, 0.1) is 6.92 Å². The van der Waals surface area contributed by atoms with E-state index in [-0.39, 0.29) is 11.3 Å². The molecule has 27 heavy (non-hydrogen) atoms. The molecule has 0 spiro atoms. The van der Waals surface area contributed by atoms with Gasteiger partial charge in [0.25, 0.3) is 11.5 Å². The highest BCUT2D eigenvalue weighted by Gasteiger charge is 2.18. The van der Waals surface area contributed by atoms with Crippen LogP contribution in [0.2, 0.25) is 5.02 Å². The maximum Gasteiger partial charge on any atom is 0.288 e. The summed E-state index contributed by atoms with van der Waals surface area (Å²) < 4.78 is 1.08. The average molecular weight is 397 g/mol. The Morgan fingerprint density at radius 3 is 2.70 bits per heavy atom. The third-order valence-corrected chi connectivity index (χ3v) is 5.28. The van der Waals surface area contributed by atoms with Gasteiger partial charge < -0.3 is 0 Å². The first-order valence-corrected chi connectivity index (χ1v) is 9.23. The number of carbonyl (C=O) groups is 1. The number of benzene rings is 1. The largest absolute Gasteiger partial charge is 0.288 e. The van der Waals surface area contributed by atoms with Crippen molar-refractivity contribution >= 4 is 39.1 Å². The molecule has 0 aliphatic heterocycles. The number of nitrogens with zero attached hydrogens (tertiary/aromatic N) is 3. The van der Waals surface area contributed by atoms with Gasteiger partial charge in [0.05, 0.1) is 5.39 Å². The van der Waals surface area contributed by atoms with E-state index in [9.17, 15) is 9.59 Å². The molecule has 1 amide bonds. The van der Waals surface area contributed by atoms with E-state index >= 15 is 0 Å². The average Bonchev–Trinajstić information content (AvgIpc) is 3.01. The molecule has 3 heterocycles. The fourth-order valence-corrected chi connectivity index (χ4v) is 3.99. The van der Waals surface area contributed by atoms with E-state index in [4.69, 9.17) is 11.6 Å². The fraction of sp³-hybridized carbons (Fsp3) is 0.0526. The van der Waals surface area contributed by atoms with Crippen molar-refractivity contribution in [1.82, 2.24) is 14.6 Å². The maximum absolute atomic E-state index is 13.0. The minimum atomic E-state index is -0.547. The van der Waals surface area contributed by atoms with Crippen LogP contribution in [0.5, 0.6) is 0 Å². The number of nitrogens with one attached hydrogen (secondary N) is 1. The van der Waals surface area contributed by atoms with Crippen LogP contribution in [0.25, 0.3) is 21.3 Å². The smallest absolute Gasteiger partial charge is 0.267 e. The SMILES string of the molecule is Cc1sc2ncn(NC(=O)c3cc(Cl)ccn3)c(=O)c2c1-c1ccccc1. The van der Waals surface area contributed by atoms with Gasteiger partial charge in [-0.25, -0.2) is 9.66 Å². The second kappa shape index (κ2) is 6.94. The number of hydrogen-bond donors (Lipinski definition) is 1. The number of aryl methyl sites for hydroxylation is 1. The minimum absolute atomic E-state index is 0.110. The molecule has 0 saturated carbocycles. The molecule has 8 heteroatoms. The molecular formula is C19H13ClN4O2S. The van der Waals surface area contributed by atoms with E-state index in [1.165, 1.54) is 29.9 Å². The number of amides is 1. The normalized spacial score (nSPS) is 10.9. The van der Waals surface area contributed by atoms with Crippen molar-refractivity contribution in [3.8, 4) is 11.1 Å². The quantitative estimate of drug-likeness (QED) is 0.570. The second-order valence-corrected chi connectivity index (χ2v) is 7.44. The molecule has 0 atom stereocenters. The Morgan fingerprint density at radius 1 is 1.19 bits per heavy atom. The number of rotatable bonds is 3. The molecule has 0 fully saturated rings. The Balaban J connectivity index is 1.81. The Morgan fingerprint density at radius 2 is 1.96 bits per heavy atom. The molecule has 0 aliphatic rings. The van der Waals surface area contributed by atoms with Gasteiger partial charge in [0.2, 0.25) is 0 Å². The molecule has 0 unspecified atom stereocenters. The molecule has 134 valence electrons. The van der Waals surface area contributed by atoms with E-state index in [1.54, 1.807) is 6.07 Å². The molecule has 1 N–H and O–H groups in total. The van der Waals surface area contributed by atoms with Crippen LogP contribution in [0.3, 0.4) is 0 Å². The van der Waals surface area contributed by atoms with Gasteiger partial charge in [0.1, 0.15) is 16.9 Å². The first kappa shape index (κ1) is 17.4. The number of aromatic nitrogens is 3. The van der Waals surface area contributed by atoms with Crippen molar-refractivity contribution in [1.29, 1.82) is 0 Å². The number of hydrogen-bond acceptors (Lipinski definition) is 5. The van der Waals surface area contributed by atoms with Gasteiger partial charge in [-0.3, -0.25) is 20.0 Å². The van der Waals surface area contributed by atoms with Gasteiger partial charge in [0, 0.05) is 21.7 Å². The lowest BCUT2D eigenvalue weighted by atomic mass is 10.0. The van der Waals surface area contributed by atoms with Crippen molar-refractivity contribution in [2.75, 3.05) is 5.43 Å². The molecule has 1 aromatic carbocycles. The first-order chi connectivity index (χ1) is 13.0. The van der Waals surface area contributed by atoms with Gasteiger partial charge in [-0.05, 0) is 24.6 Å². The van der Waals surface area contributed by atoms with Crippen LogP contribution in [0.15, 0.2) is 59.8 Å². The minimum Gasteiger partial charge on any atom is -0.267 e. The molecule has 6 nitrogen and oxygen atoms in total. The number of fused-ring (bicyclic) bond motifs is 1. The fourth-order valence-electron chi connectivity index (χ4n) is 2.83. The Labute approximate surface area is 163 Å². The van der Waals surface area contributed by atoms with Crippen molar-refractivity contribution in [3.05, 3.63) is 80.9 Å². The summed E-state index contributed by atoms with van der Waals surface area (Å²) >= 11 is 7.34. The van der Waals surface area contributed by atoms with Crippen LogP contribution in [0.1, 0.15) is 15.4 Å². The van der Waals surface area contributed by atoms with Gasteiger partial charge in [-0.2, -0.15) is 0 Å². The summed E-state index contributed by atoms with van der Waals surface area (Å²) in [7, 11) is 0. The molecule has 4 rings (SSSR count). The van der Waals surface area contributed by atoms with Crippen molar-refractivity contribution < 1.29 is 4.79 Å². The Hall–Kier alpha value is -3.03. The van der Waals surface area contributed by atoms with Crippen LogP contribution in [-0.4, -0.2) is 20.6 Å². The van der Waals surface area contributed by atoms with Gasteiger partial charge >= 0.3 is 0 Å². The zero-order valence-electron chi connectivity index (χ0n) is 14.1. The lowest BCUT2D eigenvalue weighted by Gasteiger charge is -2.08. The van der Waals surface area contributed by atoms with Crippen LogP contribution < -0.4 is 11.0 Å². The lowest BCUT2D eigenvalue weighted by Crippen LogP contribution is -2.33. The number of carbonyl (C=O) groups excluding carboxylic acids is 1. The molecule has 0 aliphatic carbocycles. The molecule has 0 saturated heterocycles. The molecule has 3 aromatic heterocycles. The van der Waals surface area contributed by atoms with E-state index in [1.807, 2.05) is 37.3 Å². The summed E-state index contributed by atoms with van der Waals surface area (Å²) in [6.07, 6.45) is 2.73. The van der Waals surface area contributed by atoms with Crippen LogP contribution >= 0.6 is 22.9 Å². The monoisotopic (exact) mass is 396 g/mol.